The number of benzene rings is 1. The van der Waals surface area contributed by atoms with Crippen molar-refractivity contribution < 1.29 is 49.7 Å². The molecule has 2 atom stereocenters. The number of aliphatic hydroxyl groups is 2. The number of carboxylic acid groups (broad SMARTS) is 1. The number of aliphatic hydroxyl groups excluding tert-OH is 2. The van der Waals surface area contributed by atoms with Crippen LogP contribution in [0.4, 0.5) is 0 Å². The largest absolute Gasteiger partial charge is 1.00 e. The SMILES string of the molecule is O=C([O-])CCC[C@H](O)C#C/C=C/C=C/[C@H](O)CC#Cc1ccc(Cl)c(Cl)c1.[Na+]. The first-order valence-electron chi connectivity index (χ1n) is 8.22. The van der Waals surface area contributed by atoms with E-state index in [0.29, 0.717) is 22.0 Å². The number of carbonyl (C=O) groups is 1. The van der Waals surface area contributed by atoms with E-state index in [1.54, 1.807) is 36.4 Å². The number of halogens is 2. The Morgan fingerprint density at radius 2 is 1.96 bits per heavy atom. The summed E-state index contributed by atoms with van der Waals surface area (Å²) in [6.45, 7) is 0. The second-order valence-corrected chi connectivity index (χ2v) is 6.33. The zero-order chi connectivity index (χ0) is 20.1. The molecular formula is C21H19Cl2NaO4. The van der Waals surface area contributed by atoms with Crippen LogP contribution in [0, 0.1) is 23.7 Å². The molecule has 0 spiro atoms. The first kappa shape index (κ1) is 26.8. The standard InChI is InChI=1S/C21H20Cl2O4.Na/c22-19-14-13-16(15-20(19)23)7-5-10-17(24)8-3-1-2-4-9-18(25)11-6-12-21(26)27;/h1-3,8,13-15,17-18,24-25H,6,10-12H2,(H,26,27);/q;+1/p-1/b2-1+,8-3+;/t17-,18+;/m0./s1. The van der Waals surface area contributed by atoms with E-state index >= 15 is 0 Å². The van der Waals surface area contributed by atoms with Crippen LogP contribution in [-0.2, 0) is 4.79 Å². The van der Waals surface area contributed by atoms with Crippen LogP contribution in [0.1, 0.15) is 31.2 Å². The van der Waals surface area contributed by atoms with Crippen molar-refractivity contribution in [3.63, 3.8) is 0 Å². The molecule has 0 heterocycles. The zero-order valence-electron chi connectivity index (χ0n) is 15.5. The molecule has 1 rings (SSSR count). The van der Waals surface area contributed by atoms with Gasteiger partial charge < -0.3 is 20.1 Å². The number of carbonyl (C=O) groups excluding carboxylic acids is 1. The predicted molar refractivity (Wildman–Crippen MR) is 105 cm³/mol. The summed E-state index contributed by atoms with van der Waals surface area (Å²) in [7, 11) is 0. The molecule has 0 amide bonds. The third kappa shape index (κ3) is 13.0. The Balaban J connectivity index is 0.00000729. The van der Waals surface area contributed by atoms with Crippen LogP contribution < -0.4 is 34.7 Å². The van der Waals surface area contributed by atoms with Crippen molar-refractivity contribution in [1.82, 2.24) is 0 Å². The maximum atomic E-state index is 10.2. The summed E-state index contributed by atoms with van der Waals surface area (Å²) >= 11 is 11.7. The molecule has 0 unspecified atom stereocenters. The summed E-state index contributed by atoms with van der Waals surface area (Å²) in [5, 5.41) is 30.5. The first-order valence-corrected chi connectivity index (χ1v) is 8.98. The molecule has 1 aromatic carbocycles. The molecule has 28 heavy (non-hydrogen) atoms. The van der Waals surface area contributed by atoms with Crippen LogP contribution in [0.15, 0.2) is 42.5 Å². The van der Waals surface area contributed by atoms with E-state index < -0.39 is 18.2 Å². The summed E-state index contributed by atoms with van der Waals surface area (Å²) in [5.41, 5.74) is 0.717. The second kappa shape index (κ2) is 15.7. The molecular weight excluding hydrogens is 410 g/mol. The van der Waals surface area contributed by atoms with Crippen LogP contribution >= 0.6 is 23.2 Å². The van der Waals surface area contributed by atoms with Crippen LogP contribution in [0.25, 0.3) is 0 Å². The average Bonchev–Trinajstić information content (AvgIpc) is 2.60. The summed E-state index contributed by atoms with van der Waals surface area (Å²) in [6, 6.07) is 5.07. The number of aliphatic carboxylic acids is 1. The number of allylic oxidation sites excluding steroid dienone is 3. The van der Waals surface area contributed by atoms with Gasteiger partial charge in [-0.1, -0.05) is 65.1 Å². The molecule has 0 fully saturated rings. The monoisotopic (exact) mass is 428 g/mol. The second-order valence-electron chi connectivity index (χ2n) is 5.51. The Morgan fingerprint density at radius 3 is 2.64 bits per heavy atom. The Morgan fingerprint density at radius 1 is 1.21 bits per heavy atom. The summed E-state index contributed by atoms with van der Waals surface area (Å²) in [4.78, 5) is 10.2. The van der Waals surface area contributed by atoms with Crippen molar-refractivity contribution in [2.24, 2.45) is 0 Å². The van der Waals surface area contributed by atoms with Crippen LogP contribution in [0.3, 0.4) is 0 Å². The first-order chi connectivity index (χ1) is 12.9. The van der Waals surface area contributed by atoms with Gasteiger partial charge in [0.25, 0.3) is 0 Å². The molecule has 0 aliphatic carbocycles. The van der Waals surface area contributed by atoms with Crippen LogP contribution in [-0.4, -0.2) is 28.4 Å². The smallest absolute Gasteiger partial charge is 0.550 e. The van der Waals surface area contributed by atoms with E-state index in [1.165, 1.54) is 6.08 Å². The van der Waals surface area contributed by atoms with E-state index in [2.05, 4.69) is 23.7 Å². The minimum atomic E-state index is -1.14. The number of carboxylic acids is 1. The van der Waals surface area contributed by atoms with Gasteiger partial charge in [-0.3, -0.25) is 0 Å². The van der Waals surface area contributed by atoms with Gasteiger partial charge in [0.05, 0.1) is 16.1 Å². The Kier molecular flexibility index (Phi) is 15.0. The van der Waals surface area contributed by atoms with Crippen LogP contribution in [0.5, 0.6) is 0 Å². The molecule has 0 aliphatic heterocycles. The van der Waals surface area contributed by atoms with Gasteiger partial charge in [0.15, 0.2) is 0 Å². The van der Waals surface area contributed by atoms with E-state index in [9.17, 15) is 20.1 Å². The van der Waals surface area contributed by atoms with Crippen molar-refractivity contribution in [3.05, 3.63) is 58.1 Å². The number of hydrogen-bond acceptors (Lipinski definition) is 4. The molecule has 0 radical (unpaired) electrons. The van der Waals surface area contributed by atoms with Gasteiger partial charge in [0, 0.05) is 18.0 Å². The third-order valence-electron chi connectivity index (χ3n) is 3.20. The van der Waals surface area contributed by atoms with Crippen molar-refractivity contribution in [2.75, 3.05) is 0 Å². The molecule has 2 N–H and O–H groups in total. The fourth-order valence-corrected chi connectivity index (χ4v) is 2.15. The Labute approximate surface area is 197 Å². The van der Waals surface area contributed by atoms with Gasteiger partial charge >= 0.3 is 29.6 Å². The van der Waals surface area contributed by atoms with Crippen molar-refractivity contribution >= 4 is 29.2 Å². The fourth-order valence-electron chi connectivity index (χ4n) is 1.85. The minimum absolute atomic E-state index is 0. The third-order valence-corrected chi connectivity index (χ3v) is 3.93. The molecule has 0 bridgehead atoms. The topological polar surface area (TPSA) is 80.6 Å². The van der Waals surface area contributed by atoms with Crippen molar-refractivity contribution in [2.45, 2.75) is 37.9 Å². The van der Waals surface area contributed by atoms with Gasteiger partial charge in [-0.2, -0.15) is 0 Å². The zero-order valence-corrected chi connectivity index (χ0v) is 19.0. The van der Waals surface area contributed by atoms with Gasteiger partial charge in [0.2, 0.25) is 0 Å². The normalized spacial score (nSPS) is 12.4. The predicted octanol–water partition coefficient (Wildman–Crippen LogP) is -0.503. The molecule has 0 saturated heterocycles. The van der Waals surface area contributed by atoms with E-state index in [-0.39, 0.29) is 48.8 Å². The Bertz CT molecular complexity index is 813. The number of hydrogen-bond donors (Lipinski definition) is 2. The molecule has 4 nitrogen and oxygen atoms in total. The van der Waals surface area contributed by atoms with Gasteiger partial charge in [-0.15, -0.1) is 0 Å². The van der Waals surface area contributed by atoms with Gasteiger partial charge in [-0.05, 0) is 43.5 Å². The molecule has 1 aromatic rings. The fraction of sp³-hybridized carbons (Fsp3) is 0.286. The van der Waals surface area contributed by atoms with E-state index in [0.717, 1.165) is 0 Å². The van der Waals surface area contributed by atoms with E-state index in [4.69, 9.17) is 23.2 Å². The molecule has 0 saturated carbocycles. The van der Waals surface area contributed by atoms with E-state index in [1.807, 2.05) is 0 Å². The molecule has 0 aliphatic rings. The summed E-state index contributed by atoms with van der Waals surface area (Å²) in [6.07, 6.45) is 5.49. The van der Waals surface area contributed by atoms with Crippen molar-refractivity contribution in [3.8, 4) is 23.7 Å². The molecule has 142 valence electrons. The quantitative estimate of drug-likeness (QED) is 0.348. The maximum Gasteiger partial charge on any atom is 1.00 e. The van der Waals surface area contributed by atoms with Gasteiger partial charge in [-0.25, -0.2) is 0 Å². The van der Waals surface area contributed by atoms with Crippen molar-refractivity contribution in [1.29, 1.82) is 0 Å². The average molecular weight is 429 g/mol. The van der Waals surface area contributed by atoms with Gasteiger partial charge in [0.1, 0.15) is 6.10 Å². The minimum Gasteiger partial charge on any atom is -0.550 e. The number of rotatable bonds is 7. The Hall–Kier alpha value is -1.21. The molecule has 7 heteroatoms. The summed E-state index contributed by atoms with van der Waals surface area (Å²) in [5.74, 6) is 9.83. The summed E-state index contributed by atoms with van der Waals surface area (Å²) < 4.78 is 0. The maximum absolute atomic E-state index is 10.2. The van der Waals surface area contributed by atoms with Crippen LogP contribution in [0.2, 0.25) is 10.0 Å². The molecule has 0 aromatic heterocycles.